The standard InChI is InChI=1S/C13H14ClN3O2S/c14-10-4-3-9(8-11(10)15)17-12(18)2-1-7-20-13-16-5-6-19-13/h3-6,8H,1-2,7,15H2,(H,17,18). The van der Waals surface area contributed by atoms with Gasteiger partial charge in [-0.1, -0.05) is 23.4 Å². The molecule has 1 amide bonds. The first-order valence-electron chi connectivity index (χ1n) is 6.02. The van der Waals surface area contributed by atoms with E-state index in [-0.39, 0.29) is 5.91 Å². The van der Waals surface area contributed by atoms with Crippen molar-refractivity contribution in [2.45, 2.75) is 18.1 Å². The number of nitrogens with two attached hydrogens (primary N) is 1. The van der Waals surface area contributed by atoms with Crippen LogP contribution in [-0.4, -0.2) is 16.6 Å². The zero-order valence-electron chi connectivity index (χ0n) is 10.6. The molecule has 3 N–H and O–H groups in total. The van der Waals surface area contributed by atoms with Gasteiger partial charge in [0, 0.05) is 17.9 Å². The number of hydrogen-bond donors (Lipinski definition) is 2. The Labute approximate surface area is 125 Å². The molecule has 2 aromatic rings. The van der Waals surface area contributed by atoms with Gasteiger partial charge < -0.3 is 15.5 Å². The van der Waals surface area contributed by atoms with Crippen LogP contribution >= 0.6 is 23.4 Å². The summed E-state index contributed by atoms with van der Waals surface area (Å²) in [4.78, 5) is 15.7. The number of nitrogen functional groups attached to an aromatic ring is 1. The Balaban J connectivity index is 1.71. The highest BCUT2D eigenvalue weighted by Crippen LogP contribution is 2.22. The van der Waals surface area contributed by atoms with Crippen LogP contribution in [0.3, 0.4) is 0 Å². The van der Waals surface area contributed by atoms with Crippen molar-refractivity contribution in [2.24, 2.45) is 0 Å². The van der Waals surface area contributed by atoms with E-state index in [4.69, 9.17) is 21.8 Å². The third kappa shape index (κ3) is 4.47. The highest BCUT2D eigenvalue weighted by atomic mass is 35.5. The molecule has 2 rings (SSSR count). The van der Waals surface area contributed by atoms with Crippen molar-refractivity contribution >= 4 is 40.6 Å². The quantitative estimate of drug-likeness (QED) is 0.485. The van der Waals surface area contributed by atoms with E-state index in [1.165, 1.54) is 18.0 Å². The molecule has 0 unspecified atom stereocenters. The second-order valence-electron chi connectivity index (χ2n) is 4.03. The molecular weight excluding hydrogens is 298 g/mol. The van der Waals surface area contributed by atoms with E-state index in [9.17, 15) is 4.79 Å². The van der Waals surface area contributed by atoms with Crippen molar-refractivity contribution in [1.29, 1.82) is 0 Å². The van der Waals surface area contributed by atoms with Crippen molar-refractivity contribution in [3.05, 3.63) is 35.7 Å². The number of oxazole rings is 1. The fourth-order valence-electron chi connectivity index (χ4n) is 1.52. The average molecular weight is 312 g/mol. The van der Waals surface area contributed by atoms with Gasteiger partial charge in [0.25, 0.3) is 5.22 Å². The van der Waals surface area contributed by atoms with Gasteiger partial charge >= 0.3 is 0 Å². The van der Waals surface area contributed by atoms with E-state index in [1.54, 1.807) is 24.4 Å². The van der Waals surface area contributed by atoms with E-state index in [1.807, 2.05) is 0 Å². The summed E-state index contributed by atoms with van der Waals surface area (Å²) in [6.07, 6.45) is 4.29. The molecule has 0 radical (unpaired) electrons. The maximum atomic E-state index is 11.7. The third-order valence-electron chi connectivity index (χ3n) is 2.46. The summed E-state index contributed by atoms with van der Waals surface area (Å²) in [5, 5.41) is 3.88. The van der Waals surface area contributed by atoms with Gasteiger partial charge in [0.1, 0.15) is 6.26 Å². The minimum Gasteiger partial charge on any atom is -0.440 e. The van der Waals surface area contributed by atoms with Gasteiger partial charge in [0.15, 0.2) is 0 Å². The van der Waals surface area contributed by atoms with Gasteiger partial charge in [0.05, 0.1) is 16.9 Å². The number of rotatable bonds is 6. The van der Waals surface area contributed by atoms with Crippen LogP contribution in [-0.2, 0) is 4.79 Å². The summed E-state index contributed by atoms with van der Waals surface area (Å²) in [5.41, 5.74) is 6.77. The molecule has 0 aliphatic rings. The van der Waals surface area contributed by atoms with Crippen molar-refractivity contribution in [3.63, 3.8) is 0 Å². The molecule has 0 spiro atoms. The van der Waals surface area contributed by atoms with Crippen LogP contribution in [0.5, 0.6) is 0 Å². The number of benzene rings is 1. The van der Waals surface area contributed by atoms with Crippen molar-refractivity contribution in [3.8, 4) is 0 Å². The molecule has 1 heterocycles. The molecule has 0 aliphatic heterocycles. The molecule has 5 nitrogen and oxygen atoms in total. The van der Waals surface area contributed by atoms with Gasteiger partial charge in [-0.25, -0.2) is 4.98 Å². The molecule has 20 heavy (non-hydrogen) atoms. The van der Waals surface area contributed by atoms with Crippen molar-refractivity contribution in [1.82, 2.24) is 4.98 Å². The Morgan fingerprint density at radius 2 is 2.35 bits per heavy atom. The minimum absolute atomic E-state index is 0.0558. The number of carbonyl (C=O) groups is 1. The number of nitrogens with one attached hydrogen (secondary N) is 1. The predicted octanol–water partition coefficient (Wildman–Crippen LogP) is 3.42. The summed E-state index contributed by atoms with van der Waals surface area (Å²) >= 11 is 7.30. The monoisotopic (exact) mass is 311 g/mol. The molecule has 0 aliphatic carbocycles. The van der Waals surface area contributed by atoms with Gasteiger partial charge in [0.2, 0.25) is 5.91 Å². The lowest BCUT2D eigenvalue weighted by atomic mass is 10.2. The van der Waals surface area contributed by atoms with E-state index >= 15 is 0 Å². The van der Waals surface area contributed by atoms with Crippen LogP contribution in [0.25, 0.3) is 0 Å². The lowest BCUT2D eigenvalue weighted by molar-refractivity contribution is -0.116. The van der Waals surface area contributed by atoms with Crippen LogP contribution in [0, 0.1) is 0 Å². The molecule has 0 fully saturated rings. The first kappa shape index (κ1) is 14.7. The molecular formula is C13H14ClN3O2S. The maximum Gasteiger partial charge on any atom is 0.255 e. The van der Waals surface area contributed by atoms with E-state index < -0.39 is 0 Å². The van der Waals surface area contributed by atoms with Crippen LogP contribution < -0.4 is 11.1 Å². The van der Waals surface area contributed by atoms with Gasteiger partial charge in [-0.2, -0.15) is 0 Å². The summed E-state index contributed by atoms with van der Waals surface area (Å²) in [7, 11) is 0. The second-order valence-corrected chi connectivity index (χ2v) is 5.49. The third-order valence-corrected chi connectivity index (χ3v) is 3.75. The molecule has 0 bridgehead atoms. The summed E-state index contributed by atoms with van der Waals surface area (Å²) < 4.78 is 5.09. The Hall–Kier alpha value is -1.66. The summed E-state index contributed by atoms with van der Waals surface area (Å²) in [6, 6.07) is 5.02. The molecule has 0 atom stereocenters. The van der Waals surface area contributed by atoms with Crippen molar-refractivity contribution < 1.29 is 9.21 Å². The molecule has 0 saturated heterocycles. The predicted molar refractivity (Wildman–Crippen MR) is 81.0 cm³/mol. The van der Waals surface area contributed by atoms with Crippen LogP contribution in [0.15, 0.2) is 40.3 Å². The second kappa shape index (κ2) is 7.21. The Kier molecular flexibility index (Phi) is 5.31. The smallest absolute Gasteiger partial charge is 0.255 e. The topological polar surface area (TPSA) is 81.1 Å². The number of halogens is 1. The summed E-state index contributed by atoms with van der Waals surface area (Å²) in [5.74, 6) is 0.719. The molecule has 1 aromatic heterocycles. The number of anilines is 2. The first-order valence-corrected chi connectivity index (χ1v) is 7.38. The van der Waals surface area contributed by atoms with Gasteiger partial charge in [-0.3, -0.25) is 4.79 Å². The molecule has 106 valence electrons. The van der Waals surface area contributed by atoms with Crippen LogP contribution in [0.2, 0.25) is 5.02 Å². The van der Waals surface area contributed by atoms with Crippen LogP contribution in [0.4, 0.5) is 11.4 Å². The Bertz CT molecular complexity index is 575. The Morgan fingerprint density at radius 3 is 3.05 bits per heavy atom. The lowest BCUT2D eigenvalue weighted by Crippen LogP contribution is -2.11. The number of carbonyl (C=O) groups excluding carboxylic acids is 1. The zero-order chi connectivity index (χ0) is 14.4. The normalized spacial score (nSPS) is 10.4. The van der Waals surface area contributed by atoms with Crippen LogP contribution in [0.1, 0.15) is 12.8 Å². The first-order chi connectivity index (χ1) is 9.65. The highest BCUT2D eigenvalue weighted by molar-refractivity contribution is 7.99. The van der Waals surface area contributed by atoms with E-state index in [0.29, 0.717) is 28.0 Å². The average Bonchev–Trinajstić information content (AvgIpc) is 2.92. The minimum atomic E-state index is -0.0558. The molecule has 1 aromatic carbocycles. The van der Waals surface area contributed by atoms with E-state index in [2.05, 4.69) is 10.3 Å². The molecule has 0 saturated carbocycles. The zero-order valence-corrected chi connectivity index (χ0v) is 12.2. The number of amides is 1. The van der Waals surface area contributed by atoms with Crippen molar-refractivity contribution in [2.75, 3.05) is 16.8 Å². The van der Waals surface area contributed by atoms with Gasteiger partial charge in [-0.05, 0) is 24.6 Å². The fraction of sp³-hybridized carbons (Fsp3) is 0.231. The summed E-state index contributed by atoms with van der Waals surface area (Å²) in [6.45, 7) is 0. The number of hydrogen-bond acceptors (Lipinski definition) is 5. The fourth-order valence-corrected chi connectivity index (χ4v) is 2.36. The maximum absolute atomic E-state index is 11.7. The largest absolute Gasteiger partial charge is 0.440 e. The SMILES string of the molecule is Nc1cc(NC(=O)CCCSc2ncco2)ccc1Cl. The van der Waals surface area contributed by atoms with E-state index in [0.717, 1.165) is 12.2 Å². The Morgan fingerprint density at radius 1 is 1.50 bits per heavy atom. The molecule has 7 heteroatoms. The van der Waals surface area contributed by atoms with Gasteiger partial charge in [-0.15, -0.1) is 0 Å². The highest BCUT2D eigenvalue weighted by Gasteiger charge is 2.05. The number of aromatic nitrogens is 1. The number of nitrogens with zero attached hydrogens (tertiary/aromatic N) is 1. The number of thioether (sulfide) groups is 1. The lowest BCUT2D eigenvalue weighted by Gasteiger charge is -2.06.